The molecule has 0 spiro atoms. The van der Waals surface area contributed by atoms with Crippen LogP contribution in [0.25, 0.3) is 20.9 Å². The van der Waals surface area contributed by atoms with E-state index in [9.17, 15) is 40.7 Å². The second kappa shape index (κ2) is 16.5. The van der Waals surface area contributed by atoms with E-state index in [-0.39, 0.29) is 11.1 Å². The number of rotatable bonds is 10. The monoisotopic (exact) mass is 760 g/mol. The zero-order valence-electron chi connectivity index (χ0n) is 28.9. The predicted molar refractivity (Wildman–Crippen MR) is 173 cm³/mol. The first-order valence-electron chi connectivity index (χ1n) is 15.3. The lowest BCUT2D eigenvalue weighted by atomic mass is 10.00. The maximum atomic E-state index is 14.7. The number of nitrogens with zero attached hydrogens (tertiary/aromatic N) is 6. The van der Waals surface area contributed by atoms with Crippen LogP contribution in [-0.4, -0.2) is 93.6 Å². The summed E-state index contributed by atoms with van der Waals surface area (Å²) in [7, 11) is -4.29. The van der Waals surface area contributed by atoms with Crippen LogP contribution < -0.4 is 0 Å². The van der Waals surface area contributed by atoms with Crippen molar-refractivity contribution in [2.75, 3.05) is 19.3 Å². The fourth-order valence-electron chi connectivity index (χ4n) is 5.84. The van der Waals surface area contributed by atoms with Gasteiger partial charge in [-0.25, -0.2) is 13.8 Å². The highest BCUT2D eigenvalue weighted by atomic mass is 32.2. The van der Waals surface area contributed by atoms with E-state index in [1.807, 2.05) is 13.8 Å². The molecule has 2 aromatic carbocycles. The Bertz CT molecular complexity index is 1860. The average molecular weight is 761 g/mol. The minimum atomic E-state index is -4.29. The van der Waals surface area contributed by atoms with Crippen molar-refractivity contribution in [1.29, 1.82) is 0 Å². The van der Waals surface area contributed by atoms with Crippen molar-refractivity contribution in [2.24, 2.45) is 10.2 Å². The number of azide groups is 2. The summed E-state index contributed by atoms with van der Waals surface area (Å²) in [6, 6.07) is 6.86. The standard InChI is InChI=1S/C16H19F2N3O6S.C15H17F2N3O4/c1-8-5-9(2)12(10(3)6-8)14(22)26-13-11(7-20-21-19)25-15(16(13,17)18)27-28(4,23)24;1-7-4-8(2)11(9(3)5-7)13(21)24-12-10(6-19-20-18)23-14(22)15(12,16)17/h5-6,11,13,15H,7H2,1-4H3;4-5,10,12,14,22H,6H2,1-3H3/t11-,13-,15?;10-,12-,14?/m11/s1. The van der Waals surface area contributed by atoms with E-state index in [1.54, 1.807) is 52.0 Å². The third-order valence-electron chi connectivity index (χ3n) is 7.82. The number of hydrogen-bond donors (Lipinski definition) is 1. The Morgan fingerprint density at radius 2 is 1.13 bits per heavy atom. The first kappa shape index (κ1) is 41.9. The molecule has 0 aromatic heterocycles. The van der Waals surface area contributed by atoms with Gasteiger partial charge in [0.2, 0.25) is 12.6 Å². The van der Waals surface area contributed by atoms with Gasteiger partial charge >= 0.3 is 23.8 Å². The number of benzene rings is 2. The number of carbonyl (C=O) groups is 2. The highest BCUT2D eigenvalue weighted by Crippen LogP contribution is 2.41. The topological polar surface area (TPSA) is 232 Å². The van der Waals surface area contributed by atoms with Crippen molar-refractivity contribution in [1.82, 2.24) is 0 Å². The second-order valence-electron chi connectivity index (χ2n) is 12.2. The first-order chi connectivity index (χ1) is 24.0. The van der Waals surface area contributed by atoms with E-state index in [4.69, 9.17) is 25.3 Å². The molecular formula is C31H36F4N6O10S. The molecule has 21 heteroatoms. The van der Waals surface area contributed by atoms with E-state index >= 15 is 0 Å². The van der Waals surface area contributed by atoms with Gasteiger partial charge in [0, 0.05) is 9.82 Å². The Kier molecular flexibility index (Phi) is 13.3. The smallest absolute Gasteiger partial charge is 0.339 e. The summed E-state index contributed by atoms with van der Waals surface area (Å²) in [6.45, 7) is 9.17. The fraction of sp³-hybridized carbons (Fsp3) is 0.548. The molecule has 2 aliphatic rings. The number of halogens is 4. The lowest BCUT2D eigenvalue weighted by Gasteiger charge is -2.23. The summed E-state index contributed by atoms with van der Waals surface area (Å²) in [4.78, 5) is 29.9. The largest absolute Gasteiger partial charge is 0.449 e. The van der Waals surface area contributed by atoms with Gasteiger partial charge in [-0.05, 0) is 74.9 Å². The van der Waals surface area contributed by atoms with Crippen molar-refractivity contribution in [3.8, 4) is 0 Å². The second-order valence-corrected chi connectivity index (χ2v) is 13.8. The van der Waals surface area contributed by atoms with Gasteiger partial charge in [-0.3, -0.25) is 0 Å². The number of esters is 2. The molecule has 6 atom stereocenters. The molecule has 0 amide bonds. The van der Waals surface area contributed by atoms with E-state index in [0.29, 0.717) is 28.5 Å². The lowest BCUT2D eigenvalue weighted by Crippen LogP contribution is -2.45. The van der Waals surface area contributed by atoms with Gasteiger partial charge in [-0.15, -0.1) is 0 Å². The Balaban J connectivity index is 0.000000284. The Morgan fingerprint density at radius 1 is 0.769 bits per heavy atom. The molecule has 16 nitrogen and oxygen atoms in total. The number of ether oxygens (including phenoxy) is 4. The predicted octanol–water partition coefficient (Wildman–Crippen LogP) is 5.58. The highest BCUT2D eigenvalue weighted by Gasteiger charge is 2.63. The van der Waals surface area contributed by atoms with Crippen LogP contribution in [0.4, 0.5) is 17.6 Å². The van der Waals surface area contributed by atoms with Crippen LogP contribution >= 0.6 is 0 Å². The number of alkyl halides is 4. The minimum Gasteiger partial charge on any atom is -0.449 e. The van der Waals surface area contributed by atoms with Crippen LogP contribution in [0.2, 0.25) is 0 Å². The lowest BCUT2D eigenvalue weighted by molar-refractivity contribution is -0.198. The summed E-state index contributed by atoms with van der Waals surface area (Å²) in [6.07, 6.45) is -11.7. The van der Waals surface area contributed by atoms with Gasteiger partial charge < -0.3 is 24.1 Å². The molecular weight excluding hydrogens is 724 g/mol. The van der Waals surface area contributed by atoms with Crippen LogP contribution in [-0.2, 0) is 33.2 Å². The molecule has 52 heavy (non-hydrogen) atoms. The number of aliphatic hydroxyl groups excluding tert-OH is 1. The fourth-order valence-corrected chi connectivity index (χ4v) is 6.33. The van der Waals surface area contributed by atoms with Crippen molar-refractivity contribution in [2.45, 2.75) is 90.4 Å². The van der Waals surface area contributed by atoms with E-state index < -0.39 is 84.0 Å². The normalized spacial score (nSPS) is 24.5. The summed E-state index contributed by atoms with van der Waals surface area (Å²) < 4.78 is 104. The molecule has 2 saturated heterocycles. The molecule has 2 unspecified atom stereocenters. The van der Waals surface area contributed by atoms with Gasteiger partial charge in [-0.2, -0.15) is 26.0 Å². The molecule has 0 radical (unpaired) electrons. The molecule has 2 heterocycles. The maximum absolute atomic E-state index is 14.7. The molecule has 1 N–H and O–H groups in total. The van der Waals surface area contributed by atoms with Crippen molar-refractivity contribution < 1.29 is 63.8 Å². The number of carbonyl (C=O) groups excluding carboxylic acids is 2. The van der Waals surface area contributed by atoms with Crippen molar-refractivity contribution in [3.05, 3.63) is 89.7 Å². The maximum Gasteiger partial charge on any atom is 0.339 e. The van der Waals surface area contributed by atoms with Gasteiger partial charge in [0.25, 0.3) is 10.1 Å². The van der Waals surface area contributed by atoms with Gasteiger partial charge in [0.05, 0.1) is 30.5 Å². The molecule has 2 aliphatic heterocycles. The molecule has 2 fully saturated rings. The molecule has 0 saturated carbocycles. The summed E-state index contributed by atoms with van der Waals surface area (Å²) >= 11 is 0. The van der Waals surface area contributed by atoms with Gasteiger partial charge in [0.1, 0.15) is 12.2 Å². The Morgan fingerprint density at radius 3 is 1.50 bits per heavy atom. The molecule has 4 rings (SSSR count). The summed E-state index contributed by atoms with van der Waals surface area (Å²) in [5.41, 5.74) is 21.1. The first-order valence-corrected chi connectivity index (χ1v) is 17.1. The zero-order valence-corrected chi connectivity index (χ0v) is 29.7. The third kappa shape index (κ3) is 9.68. The summed E-state index contributed by atoms with van der Waals surface area (Å²) in [5, 5.41) is 15.6. The summed E-state index contributed by atoms with van der Waals surface area (Å²) in [5.74, 6) is -9.79. The number of hydrogen-bond acceptors (Lipinski definition) is 12. The Labute approximate surface area is 295 Å². The van der Waals surface area contributed by atoms with Crippen LogP contribution in [0.3, 0.4) is 0 Å². The van der Waals surface area contributed by atoms with E-state index in [2.05, 4.69) is 29.0 Å². The molecule has 0 aliphatic carbocycles. The van der Waals surface area contributed by atoms with Crippen LogP contribution in [0.1, 0.15) is 54.1 Å². The van der Waals surface area contributed by atoms with Crippen molar-refractivity contribution >= 4 is 22.1 Å². The average Bonchev–Trinajstić information content (AvgIpc) is 3.35. The van der Waals surface area contributed by atoms with Crippen LogP contribution in [0.15, 0.2) is 34.5 Å². The van der Waals surface area contributed by atoms with Crippen LogP contribution in [0.5, 0.6) is 0 Å². The Hall–Kier alpha value is -4.49. The van der Waals surface area contributed by atoms with E-state index in [0.717, 1.165) is 11.1 Å². The zero-order chi connectivity index (χ0) is 39.3. The molecule has 0 bridgehead atoms. The SMILES string of the molecule is Cc1cc(C)c(C(=O)O[C@@H]2[C@@H](CN=[N+]=[N-])OC(O)C2(F)F)c(C)c1.Cc1cc(C)c(C(=O)O[C@@H]2[C@@H](CN=[N+]=[N-])OC(OS(C)(=O)=O)C2(F)F)c(C)c1. The third-order valence-corrected chi connectivity index (χ3v) is 8.35. The highest BCUT2D eigenvalue weighted by molar-refractivity contribution is 7.86. The minimum absolute atomic E-state index is 0.108. The van der Waals surface area contributed by atoms with Crippen LogP contribution in [0, 0.1) is 41.5 Å². The van der Waals surface area contributed by atoms with E-state index in [1.165, 1.54) is 0 Å². The van der Waals surface area contributed by atoms with Gasteiger partial charge in [0.15, 0.2) is 12.2 Å². The molecule has 284 valence electrons. The quantitative estimate of drug-likeness (QED) is 0.0788. The van der Waals surface area contributed by atoms with Gasteiger partial charge in [-0.1, -0.05) is 45.6 Å². The number of aliphatic hydroxyl groups is 1. The van der Waals surface area contributed by atoms with Crippen molar-refractivity contribution in [3.63, 3.8) is 0 Å². The molecule has 2 aromatic rings. The number of aryl methyl sites for hydroxylation is 6.